The van der Waals surface area contributed by atoms with Gasteiger partial charge in [0, 0.05) is 25.0 Å². The van der Waals surface area contributed by atoms with Gasteiger partial charge in [-0.25, -0.2) is 0 Å². The number of rotatable bonds is 2. The van der Waals surface area contributed by atoms with Crippen LogP contribution in [0, 0.1) is 0 Å². The van der Waals surface area contributed by atoms with Crippen LogP contribution in [-0.2, 0) is 11.2 Å². The van der Waals surface area contributed by atoms with Crippen molar-refractivity contribution < 1.29 is 28.8 Å². The van der Waals surface area contributed by atoms with E-state index in [1.165, 1.54) is 5.56 Å². The molecule has 0 saturated heterocycles. The molecule has 1 atom stereocenters. The van der Waals surface area contributed by atoms with Crippen LogP contribution in [0.15, 0.2) is 24.3 Å². The van der Waals surface area contributed by atoms with E-state index < -0.39 is 5.97 Å². The molecule has 0 bridgehead atoms. The summed E-state index contributed by atoms with van der Waals surface area (Å²) in [6.45, 7) is 0.912. The predicted molar refractivity (Wildman–Crippen MR) is 55.1 cm³/mol. The average molecular weight is 211 g/mol. The van der Waals surface area contributed by atoms with Gasteiger partial charge in [0.05, 0.1) is 0 Å². The van der Waals surface area contributed by atoms with Crippen molar-refractivity contribution in [2.45, 2.75) is 18.9 Å². The van der Waals surface area contributed by atoms with Crippen molar-refractivity contribution in [2.24, 2.45) is 0 Å². The predicted octanol–water partition coefficient (Wildman–Crippen LogP) is -2.64. The first-order valence-electron chi connectivity index (χ1n) is 5.16. The van der Waals surface area contributed by atoms with Crippen molar-refractivity contribution in [3.05, 3.63) is 35.4 Å². The van der Waals surface area contributed by atoms with Crippen molar-refractivity contribution >= 4 is 5.97 Å². The number of carbonyl (C=O) groups excluding carboxylic acids is 1. The van der Waals surface area contributed by atoms with Gasteiger partial charge in [0.15, 0.2) is 0 Å². The van der Waals surface area contributed by atoms with Gasteiger partial charge in [-0.3, -0.25) is 4.90 Å². The van der Waals surface area contributed by atoms with Gasteiger partial charge in [0.25, 0.3) is 0 Å². The summed E-state index contributed by atoms with van der Waals surface area (Å²) in [4.78, 5) is 12.8. The number of aliphatic carboxylic acids is 1. The number of likely N-dealkylation sites (N-methyl/N-ethyl adjacent to an activating group) is 1. The minimum Gasteiger partial charge on any atom is -0.550 e. The molecule has 0 saturated carbocycles. The van der Waals surface area contributed by atoms with Crippen molar-refractivity contribution in [3.8, 4) is 0 Å². The summed E-state index contributed by atoms with van der Waals surface area (Å²) in [5.41, 5.74) is 2.40. The molecular formula is C12H14LiNO2. The first-order valence-corrected chi connectivity index (χ1v) is 5.16. The van der Waals surface area contributed by atoms with Crippen molar-refractivity contribution in [3.63, 3.8) is 0 Å². The van der Waals surface area contributed by atoms with Gasteiger partial charge in [-0.2, -0.15) is 0 Å². The fraction of sp³-hybridized carbons (Fsp3) is 0.417. The van der Waals surface area contributed by atoms with Crippen LogP contribution in [-0.4, -0.2) is 24.5 Å². The Balaban J connectivity index is 0.00000128. The van der Waals surface area contributed by atoms with Crippen molar-refractivity contribution in [1.29, 1.82) is 0 Å². The van der Waals surface area contributed by atoms with Gasteiger partial charge in [-0.1, -0.05) is 24.3 Å². The van der Waals surface area contributed by atoms with Gasteiger partial charge in [0.1, 0.15) is 0 Å². The largest absolute Gasteiger partial charge is 1.00 e. The van der Waals surface area contributed by atoms with E-state index in [0.717, 1.165) is 18.5 Å². The van der Waals surface area contributed by atoms with Crippen molar-refractivity contribution in [2.75, 3.05) is 13.6 Å². The fourth-order valence-electron chi connectivity index (χ4n) is 2.20. The Kier molecular flexibility index (Phi) is 4.61. The number of carboxylic acid groups (broad SMARTS) is 1. The minimum absolute atomic E-state index is 0. The molecule has 1 unspecified atom stereocenters. The number of fused-ring (bicyclic) bond motifs is 1. The summed E-state index contributed by atoms with van der Waals surface area (Å²) in [7, 11) is 1.96. The number of carboxylic acids is 1. The van der Waals surface area contributed by atoms with E-state index in [-0.39, 0.29) is 31.3 Å². The Bertz CT molecular complexity index is 381. The minimum atomic E-state index is -0.983. The molecule has 2 rings (SSSR count). The Morgan fingerprint density at radius 3 is 2.88 bits per heavy atom. The standard InChI is InChI=1S/C12H15NO2.Li/c1-13-7-6-9-4-2-3-5-10(9)11(13)8-12(14)15;/h2-5,11H,6-8H2,1H3,(H,14,15);/q;+1/p-1. The third-order valence-electron chi connectivity index (χ3n) is 3.04. The second kappa shape index (κ2) is 5.54. The Labute approximate surface area is 108 Å². The molecule has 0 N–H and O–H groups in total. The maximum absolute atomic E-state index is 10.7. The molecular weight excluding hydrogens is 197 g/mol. The topological polar surface area (TPSA) is 43.4 Å². The summed E-state index contributed by atoms with van der Waals surface area (Å²) < 4.78 is 0. The van der Waals surface area contributed by atoms with E-state index in [9.17, 15) is 9.90 Å². The SMILES string of the molecule is CN1CCc2ccccc2C1CC(=O)[O-].[Li+]. The number of hydrogen-bond donors (Lipinski definition) is 0. The molecule has 1 aromatic carbocycles. The van der Waals surface area contributed by atoms with E-state index >= 15 is 0 Å². The first kappa shape index (κ1) is 13.3. The van der Waals surface area contributed by atoms with Crippen LogP contribution >= 0.6 is 0 Å². The molecule has 0 fully saturated rings. The third-order valence-corrected chi connectivity index (χ3v) is 3.04. The fourth-order valence-corrected chi connectivity index (χ4v) is 2.20. The Hall–Kier alpha value is -0.753. The molecule has 0 spiro atoms. The van der Waals surface area contributed by atoms with E-state index in [0.29, 0.717) is 0 Å². The molecule has 4 heteroatoms. The number of carbonyl (C=O) groups is 1. The van der Waals surface area contributed by atoms with Gasteiger partial charge < -0.3 is 9.90 Å². The molecule has 3 nitrogen and oxygen atoms in total. The summed E-state index contributed by atoms with van der Waals surface area (Å²) >= 11 is 0. The Morgan fingerprint density at radius 2 is 2.19 bits per heavy atom. The molecule has 0 aromatic heterocycles. The molecule has 0 aliphatic carbocycles. The quantitative estimate of drug-likeness (QED) is 0.502. The van der Waals surface area contributed by atoms with E-state index in [1.807, 2.05) is 25.2 Å². The normalized spacial score (nSPS) is 19.7. The third kappa shape index (κ3) is 2.68. The molecule has 1 aliphatic rings. The van der Waals surface area contributed by atoms with Crippen LogP contribution in [0.4, 0.5) is 0 Å². The maximum Gasteiger partial charge on any atom is 1.00 e. The van der Waals surface area contributed by atoms with E-state index in [4.69, 9.17) is 0 Å². The Morgan fingerprint density at radius 1 is 1.50 bits per heavy atom. The summed E-state index contributed by atoms with van der Waals surface area (Å²) in [5, 5.41) is 10.7. The van der Waals surface area contributed by atoms with E-state index in [1.54, 1.807) is 0 Å². The number of benzene rings is 1. The van der Waals surface area contributed by atoms with Crippen LogP contribution in [0.25, 0.3) is 0 Å². The summed E-state index contributed by atoms with van der Waals surface area (Å²) in [6.07, 6.45) is 1.07. The van der Waals surface area contributed by atoms with Crippen LogP contribution in [0.5, 0.6) is 0 Å². The zero-order valence-electron chi connectivity index (χ0n) is 9.77. The summed E-state index contributed by atoms with van der Waals surface area (Å²) in [5.74, 6) is -0.983. The molecule has 0 radical (unpaired) electrons. The van der Waals surface area contributed by atoms with Crippen molar-refractivity contribution in [1.82, 2.24) is 4.90 Å². The molecule has 1 heterocycles. The van der Waals surface area contributed by atoms with Gasteiger partial charge in [-0.15, -0.1) is 0 Å². The zero-order valence-corrected chi connectivity index (χ0v) is 9.77. The average Bonchev–Trinajstić information content (AvgIpc) is 2.22. The van der Waals surface area contributed by atoms with Crippen LogP contribution in [0.3, 0.4) is 0 Å². The molecule has 16 heavy (non-hydrogen) atoms. The maximum atomic E-state index is 10.7. The zero-order chi connectivity index (χ0) is 10.8. The molecule has 1 aliphatic heterocycles. The molecule has 80 valence electrons. The number of nitrogens with zero attached hydrogens (tertiary/aromatic N) is 1. The summed E-state index contributed by atoms with van der Waals surface area (Å²) in [6, 6.07) is 8.02. The molecule has 0 amide bonds. The van der Waals surface area contributed by atoms with Gasteiger partial charge in [-0.05, 0) is 24.6 Å². The second-order valence-corrected chi connectivity index (χ2v) is 4.02. The second-order valence-electron chi connectivity index (χ2n) is 4.02. The van der Waals surface area contributed by atoms with Gasteiger partial charge >= 0.3 is 18.9 Å². The molecule has 1 aromatic rings. The van der Waals surface area contributed by atoms with Gasteiger partial charge in [0.2, 0.25) is 0 Å². The smallest absolute Gasteiger partial charge is 0.550 e. The van der Waals surface area contributed by atoms with Crippen LogP contribution < -0.4 is 24.0 Å². The van der Waals surface area contributed by atoms with E-state index in [2.05, 4.69) is 11.0 Å². The van der Waals surface area contributed by atoms with Crippen LogP contribution in [0.2, 0.25) is 0 Å². The number of hydrogen-bond acceptors (Lipinski definition) is 3. The van der Waals surface area contributed by atoms with Crippen LogP contribution in [0.1, 0.15) is 23.6 Å². The first-order chi connectivity index (χ1) is 7.18. The monoisotopic (exact) mass is 211 g/mol.